The molecule has 1 N–H and O–H groups in total. The summed E-state index contributed by atoms with van der Waals surface area (Å²) in [4.78, 5) is 2.02. The largest absolute Gasteiger partial charge is 0.390 e. The minimum absolute atomic E-state index is 0.292. The van der Waals surface area contributed by atoms with Crippen LogP contribution in [0.15, 0.2) is 0 Å². The van der Waals surface area contributed by atoms with Crippen molar-refractivity contribution in [1.29, 1.82) is 0 Å². The lowest BCUT2D eigenvalue weighted by Crippen LogP contribution is -2.42. The van der Waals surface area contributed by atoms with Gasteiger partial charge in [0.05, 0.1) is 6.42 Å². The maximum atomic E-state index is 12.0. The molecule has 0 spiro atoms. The number of likely N-dealkylation sites (N-methyl/N-ethyl adjacent to an activating group) is 1. The second-order valence-corrected chi connectivity index (χ2v) is 4.15. The van der Waals surface area contributed by atoms with Crippen molar-refractivity contribution in [2.75, 3.05) is 20.6 Å². The molecule has 0 rings (SSSR count). The third-order valence-electron chi connectivity index (χ3n) is 2.44. The van der Waals surface area contributed by atoms with Gasteiger partial charge in [-0.1, -0.05) is 6.92 Å². The van der Waals surface area contributed by atoms with Crippen LogP contribution in [0.5, 0.6) is 0 Å². The van der Waals surface area contributed by atoms with E-state index in [1.54, 1.807) is 6.92 Å². The van der Waals surface area contributed by atoms with Crippen molar-refractivity contribution in [3.63, 3.8) is 0 Å². The first-order chi connectivity index (χ1) is 6.76. The van der Waals surface area contributed by atoms with Gasteiger partial charge in [-0.25, -0.2) is 0 Å². The second kappa shape index (κ2) is 6.33. The molecule has 2 atom stereocenters. The van der Waals surface area contributed by atoms with Gasteiger partial charge in [0.2, 0.25) is 0 Å². The van der Waals surface area contributed by atoms with E-state index in [1.807, 2.05) is 25.9 Å². The van der Waals surface area contributed by atoms with E-state index in [0.717, 1.165) is 6.42 Å². The highest BCUT2D eigenvalue weighted by molar-refractivity contribution is 4.72. The predicted molar refractivity (Wildman–Crippen MR) is 55.9 cm³/mol. The van der Waals surface area contributed by atoms with Crippen LogP contribution in [0.1, 0.15) is 26.7 Å². The van der Waals surface area contributed by atoms with Crippen LogP contribution in [0.3, 0.4) is 0 Å². The fourth-order valence-corrected chi connectivity index (χ4v) is 1.45. The van der Waals surface area contributed by atoms with Gasteiger partial charge in [-0.2, -0.15) is 13.2 Å². The molecule has 0 radical (unpaired) electrons. The van der Waals surface area contributed by atoms with Gasteiger partial charge in [-0.15, -0.1) is 0 Å². The van der Waals surface area contributed by atoms with Crippen LogP contribution in [0.25, 0.3) is 0 Å². The summed E-state index contributed by atoms with van der Waals surface area (Å²) in [6.07, 6.45) is -3.91. The summed E-state index contributed by atoms with van der Waals surface area (Å²) in [5.74, 6) is 0. The lowest BCUT2D eigenvalue weighted by atomic mass is 10.1. The van der Waals surface area contributed by atoms with Gasteiger partial charge in [-0.3, -0.25) is 0 Å². The number of halogens is 3. The molecule has 0 aliphatic carbocycles. The second-order valence-electron chi connectivity index (χ2n) is 4.15. The Morgan fingerprint density at radius 3 is 2.13 bits per heavy atom. The van der Waals surface area contributed by atoms with E-state index in [-0.39, 0.29) is 0 Å². The quantitative estimate of drug-likeness (QED) is 0.747. The SMILES string of the molecule is CCC(CNC(C)CC(F)(F)F)N(C)C. The van der Waals surface area contributed by atoms with Gasteiger partial charge in [-0.05, 0) is 27.4 Å². The van der Waals surface area contributed by atoms with Gasteiger partial charge in [0, 0.05) is 18.6 Å². The summed E-state index contributed by atoms with van der Waals surface area (Å²) >= 11 is 0. The predicted octanol–water partition coefficient (Wildman–Crippen LogP) is 2.26. The molecule has 0 saturated carbocycles. The zero-order chi connectivity index (χ0) is 12.1. The standard InChI is InChI=1S/C10H21F3N2/c1-5-9(15(3)4)7-14-8(2)6-10(11,12)13/h8-9,14H,5-7H2,1-4H3. The van der Waals surface area contributed by atoms with Gasteiger partial charge >= 0.3 is 6.18 Å². The monoisotopic (exact) mass is 226 g/mol. The molecule has 92 valence electrons. The van der Waals surface area contributed by atoms with Crippen molar-refractivity contribution in [3.05, 3.63) is 0 Å². The highest BCUT2D eigenvalue weighted by Crippen LogP contribution is 2.21. The Labute approximate surface area is 89.8 Å². The Kier molecular flexibility index (Phi) is 6.20. The van der Waals surface area contributed by atoms with Crippen molar-refractivity contribution >= 4 is 0 Å². The Bertz CT molecular complexity index is 169. The van der Waals surface area contributed by atoms with Gasteiger partial charge in [0.25, 0.3) is 0 Å². The zero-order valence-electron chi connectivity index (χ0n) is 9.86. The number of hydrogen-bond acceptors (Lipinski definition) is 2. The van der Waals surface area contributed by atoms with E-state index in [2.05, 4.69) is 5.32 Å². The third-order valence-corrected chi connectivity index (χ3v) is 2.44. The summed E-state index contributed by atoms with van der Waals surface area (Å²) in [6.45, 7) is 4.19. The maximum absolute atomic E-state index is 12.0. The summed E-state index contributed by atoms with van der Waals surface area (Å²) in [5.41, 5.74) is 0. The molecule has 15 heavy (non-hydrogen) atoms. The van der Waals surface area contributed by atoms with E-state index >= 15 is 0 Å². The number of alkyl halides is 3. The summed E-state index contributed by atoms with van der Waals surface area (Å²) in [6, 6.07) is -0.223. The molecule has 0 amide bonds. The van der Waals surface area contributed by atoms with Crippen molar-refractivity contribution in [3.8, 4) is 0 Å². The molecule has 0 aliphatic rings. The van der Waals surface area contributed by atoms with E-state index in [0.29, 0.717) is 12.6 Å². The summed E-state index contributed by atoms with van der Waals surface area (Å²) in [5, 5.41) is 2.91. The molecular weight excluding hydrogens is 205 g/mol. The number of hydrogen-bond donors (Lipinski definition) is 1. The molecule has 0 saturated heterocycles. The molecule has 5 heteroatoms. The lowest BCUT2D eigenvalue weighted by molar-refractivity contribution is -0.139. The molecule has 0 aromatic heterocycles. The summed E-state index contributed by atoms with van der Waals surface area (Å²) < 4.78 is 36.1. The molecule has 0 bridgehead atoms. The number of nitrogens with one attached hydrogen (secondary N) is 1. The van der Waals surface area contributed by atoms with Crippen LogP contribution in [-0.4, -0.2) is 43.8 Å². The van der Waals surface area contributed by atoms with E-state index in [1.165, 1.54) is 0 Å². The number of rotatable bonds is 6. The molecule has 0 aromatic rings. The molecule has 2 nitrogen and oxygen atoms in total. The van der Waals surface area contributed by atoms with E-state index < -0.39 is 18.6 Å². The highest BCUT2D eigenvalue weighted by Gasteiger charge is 2.29. The Balaban J connectivity index is 3.83. The highest BCUT2D eigenvalue weighted by atomic mass is 19.4. The Morgan fingerprint density at radius 1 is 1.27 bits per heavy atom. The molecular formula is C10H21F3N2. The van der Waals surface area contributed by atoms with E-state index in [4.69, 9.17) is 0 Å². The van der Waals surface area contributed by atoms with Crippen LogP contribution < -0.4 is 5.32 Å². The topological polar surface area (TPSA) is 15.3 Å². The Hall–Kier alpha value is -0.290. The van der Waals surface area contributed by atoms with Gasteiger partial charge in [0.1, 0.15) is 0 Å². The van der Waals surface area contributed by atoms with E-state index in [9.17, 15) is 13.2 Å². The number of nitrogens with zero attached hydrogens (tertiary/aromatic N) is 1. The fraction of sp³-hybridized carbons (Fsp3) is 1.00. The third kappa shape index (κ3) is 7.62. The van der Waals surface area contributed by atoms with Gasteiger partial charge < -0.3 is 10.2 Å². The maximum Gasteiger partial charge on any atom is 0.390 e. The Morgan fingerprint density at radius 2 is 1.80 bits per heavy atom. The van der Waals surface area contributed by atoms with Crippen LogP contribution in [-0.2, 0) is 0 Å². The first-order valence-corrected chi connectivity index (χ1v) is 5.22. The smallest absolute Gasteiger partial charge is 0.312 e. The normalized spacial score (nSPS) is 16.8. The van der Waals surface area contributed by atoms with Crippen molar-refractivity contribution in [1.82, 2.24) is 10.2 Å². The lowest BCUT2D eigenvalue weighted by Gasteiger charge is -2.25. The van der Waals surface area contributed by atoms with Crippen LogP contribution in [0.2, 0.25) is 0 Å². The molecule has 0 aliphatic heterocycles. The van der Waals surface area contributed by atoms with Crippen LogP contribution >= 0.6 is 0 Å². The van der Waals surface area contributed by atoms with Crippen LogP contribution in [0, 0.1) is 0 Å². The minimum Gasteiger partial charge on any atom is -0.312 e. The van der Waals surface area contributed by atoms with Crippen LogP contribution in [0.4, 0.5) is 13.2 Å². The zero-order valence-corrected chi connectivity index (χ0v) is 9.86. The first-order valence-electron chi connectivity index (χ1n) is 5.22. The average molecular weight is 226 g/mol. The summed E-state index contributed by atoms with van der Waals surface area (Å²) in [7, 11) is 3.87. The van der Waals surface area contributed by atoms with Crippen molar-refractivity contribution < 1.29 is 13.2 Å². The fourth-order valence-electron chi connectivity index (χ4n) is 1.45. The van der Waals surface area contributed by atoms with Crippen molar-refractivity contribution in [2.45, 2.75) is 44.9 Å². The first kappa shape index (κ1) is 14.7. The molecule has 2 unspecified atom stereocenters. The minimum atomic E-state index is -4.08. The molecule has 0 aromatic carbocycles. The van der Waals surface area contributed by atoms with Crippen molar-refractivity contribution in [2.24, 2.45) is 0 Å². The average Bonchev–Trinajstić information content (AvgIpc) is 2.01. The molecule has 0 heterocycles. The van der Waals surface area contributed by atoms with Gasteiger partial charge in [0.15, 0.2) is 0 Å². The molecule has 0 fully saturated rings.